The van der Waals surface area contributed by atoms with Crippen molar-refractivity contribution in [1.82, 2.24) is 20.1 Å². The number of nitrogens with zero attached hydrogens (tertiary/aromatic N) is 2. The van der Waals surface area contributed by atoms with Gasteiger partial charge in [0.15, 0.2) is 0 Å². The van der Waals surface area contributed by atoms with Gasteiger partial charge in [-0.2, -0.15) is 0 Å². The van der Waals surface area contributed by atoms with Crippen LogP contribution in [0.5, 0.6) is 0 Å². The van der Waals surface area contributed by atoms with Crippen molar-refractivity contribution in [1.29, 1.82) is 0 Å². The van der Waals surface area contributed by atoms with E-state index < -0.39 is 11.6 Å². The average molecular weight is 424 g/mol. The quantitative estimate of drug-likeness (QED) is 0.636. The van der Waals surface area contributed by atoms with E-state index in [9.17, 15) is 13.6 Å². The van der Waals surface area contributed by atoms with Crippen LogP contribution in [0, 0.1) is 11.6 Å². The van der Waals surface area contributed by atoms with Crippen molar-refractivity contribution >= 4 is 5.91 Å². The van der Waals surface area contributed by atoms with E-state index >= 15 is 0 Å². The molecule has 0 unspecified atom stereocenters. The molecule has 2 N–H and O–H groups in total. The van der Waals surface area contributed by atoms with Gasteiger partial charge in [-0.3, -0.25) is 9.69 Å². The molecule has 1 aliphatic rings. The molecule has 1 saturated heterocycles. The zero-order valence-electron chi connectivity index (χ0n) is 17.5. The van der Waals surface area contributed by atoms with Crippen LogP contribution in [0.2, 0.25) is 0 Å². The summed E-state index contributed by atoms with van der Waals surface area (Å²) in [5, 5.41) is 2.99. The number of likely N-dealkylation sites (N-methyl/N-ethyl adjacent to an activating group) is 1. The van der Waals surface area contributed by atoms with Gasteiger partial charge in [-0.25, -0.2) is 8.78 Å². The lowest BCUT2D eigenvalue weighted by molar-refractivity contribution is 0.0942. The lowest BCUT2D eigenvalue weighted by atomic mass is 10.1. The molecule has 1 amide bonds. The Balaban J connectivity index is 1.55. The predicted molar refractivity (Wildman–Crippen MR) is 118 cm³/mol. The average Bonchev–Trinajstić information content (AvgIpc) is 3.21. The van der Waals surface area contributed by atoms with Crippen molar-refractivity contribution in [2.24, 2.45) is 0 Å². The smallest absolute Gasteiger partial charge is 0.253 e. The minimum absolute atomic E-state index is 0.215. The summed E-state index contributed by atoms with van der Waals surface area (Å²) in [4.78, 5) is 20.8. The number of nitrogens with one attached hydrogen (secondary N) is 2. The third kappa shape index (κ3) is 5.18. The molecule has 4 rings (SSSR count). The molecule has 0 bridgehead atoms. The molecule has 162 valence electrons. The first-order valence-electron chi connectivity index (χ1n) is 10.4. The largest absolute Gasteiger partial charge is 0.354 e. The van der Waals surface area contributed by atoms with Crippen LogP contribution in [0.4, 0.5) is 8.78 Å². The minimum atomic E-state index is -0.663. The van der Waals surface area contributed by atoms with Crippen LogP contribution in [0.1, 0.15) is 10.4 Å². The van der Waals surface area contributed by atoms with Crippen molar-refractivity contribution in [3.8, 4) is 22.5 Å². The van der Waals surface area contributed by atoms with Gasteiger partial charge >= 0.3 is 0 Å². The van der Waals surface area contributed by atoms with E-state index in [2.05, 4.69) is 27.1 Å². The fourth-order valence-corrected chi connectivity index (χ4v) is 3.83. The van der Waals surface area contributed by atoms with E-state index in [-0.39, 0.29) is 5.91 Å². The molecule has 0 radical (unpaired) electrons. The number of aromatic amines is 1. The monoisotopic (exact) mass is 424 g/mol. The number of aromatic nitrogens is 1. The van der Waals surface area contributed by atoms with Gasteiger partial charge < -0.3 is 15.2 Å². The highest BCUT2D eigenvalue weighted by atomic mass is 19.1. The molecule has 0 saturated carbocycles. The predicted octanol–water partition coefficient (Wildman–Crippen LogP) is 3.60. The SMILES string of the molecule is CN1CCN(CCNC(=O)c2cc(-c3cc(F)cc(F)c3)[nH]c2-c2ccccc2)CC1. The first kappa shape index (κ1) is 21.2. The molecule has 1 aromatic heterocycles. The summed E-state index contributed by atoms with van der Waals surface area (Å²) in [5.41, 5.74) is 2.74. The summed E-state index contributed by atoms with van der Waals surface area (Å²) in [6.45, 7) is 5.34. The molecule has 0 aliphatic carbocycles. The molecular weight excluding hydrogens is 398 g/mol. The zero-order valence-corrected chi connectivity index (χ0v) is 17.5. The second-order valence-electron chi connectivity index (χ2n) is 7.90. The maximum Gasteiger partial charge on any atom is 0.253 e. The number of H-pyrrole nitrogens is 1. The highest BCUT2D eigenvalue weighted by Crippen LogP contribution is 2.29. The van der Waals surface area contributed by atoms with Gasteiger partial charge in [0.05, 0.1) is 11.3 Å². The van der Waals surface area contributed by atoms with Crippen LogP contribution >= 0.6 is 0 Å². The summed E-state index contributed by atoms with van der Waals surface area (Å²) >= 11 is 0. The van der Waals surface area contributed by atoms with Crippen LogP contribution in [-0.2, 0) is 0 Å². The highest BCUT2D eigenvalue weighted by Gasteiger charge is 2.19. The summed E-state index contributed by atoms with van der Waals surface area (Å²) in [6, 6.07) is 14.4. The highest BCUT2D eigenvalue weighted by molar-refractivity contribution is 6.01. The van der Waals surface area contributed by atoms with Gasteiger partial charge in [-0.15, -0.1) is 0 Å². The zero-order chi connectivity index (χ0) is 21.8. The molecule has 0 atom stereocenters. The topological polar surface area (TPSA) is 51.4 Å². The Hall–Kier alpha value is -3.03. The number of amides is 1. The van der Waals surface area contributed by atoms with Crippen LogP contribution in [-0.4, -0.2) is 67.0 Å². The number of carbonyl (C=O) groups excluding carboxylic acids is 1. The molecule has 1 fully saturated rings. The normalized spacial score (nSPS) is 15.2. The third-order valence-corrected chi connectivity index (χ3v) is 5.61. The van der Waals surface area contributed by atoms with Crippen molar-refractivity contribution in [3.63, 3.8) is 0 Å². The molecule has 2 heterocycles. The Morgan fingerprint density at radius 2 is 1.65 bits per heavy atom. The Morgan fingerprint density at radius 1 is 0.968 bits per heavy atom. The first-order valence-corrected chi connectivity index (χ1v) is 10.4. The number of rotatable bonds is 6. The van der Waals surface area contributed by atoms with Gasteiger partial charge in [0.2, 0.25) is 0 Å². The summed E-state index contributed by atoms with van der Waals surface area (Å²) in [5.74, 6) is -1.54. The van der Waals surface area contributed by atoms with Crippen molar-refractivity contribution < 1.29 is 13.6 Å². The van der Waals surface area contributed by atoms with Gasteiger partial charge in [-0.05, 0) is 30.8 Å². The van der Waals surface area contributed by atoms with Crippen LogP contribution < -0.4 is 5.32 Å². The first-order chi connectivity index (χ1) is 15.0. The van der Waals surface area contributed by atoms with E-state index in [0.717, 1.165) is 44.4 Å². The van der Waals surface area contributed by atoms with E-state index in [4.69, 9.17) is 0 Å². The fourth-order valence-electron chi connectivity index (χ4n) is 3.83. The summed E-state index contributed by atoms with van der Waals surface area (Å²) in [6.07, 6.45) is 0. The molecule has 3 aromatic rings. The lowest BCUT2D eigenvalue weighted by Gasteiger charge is -2.32. The number of piperazine rings is 1. The number of halogens is 2. The van der Waals surface area contributed by atoms with E-state index in [1.54, 1.807) is 6.07 Å². The second-order valence-corrected chi connectivity index (χ2v) is 7.90. The van der Waals surface area contributed by atoms with Gasteiger partial charge in [-0.1, -0.05) is 30.3 Å². The Labute approximate surface area is 180 Å². The fraction of sp³-hybridized carbons (Fsp3) is 0.292. The molecule has 0 spiro atoms. The van der Waals surface area contributed by atoms with E-state index in [0.29, 0.717) is 29.1 Å². The standard InChI is InChI=1S/C24H26F2N4O/c1-29-9-11-30(12-10-29)8-7-27-24(31)21-16-22(18-13-19(25)15-20(26)14-18)28-23(21)17-5-3-2-4-6-17/h2-6,13-16,28H,7-12H2,1H3,(H,27,31). The molecular formula is C24H26F2N4O. The maximum atomic E-state index is 13.7. The maximum absolute atomic E-state index is 13.7. The summed E-state index contributed by atoms with van der Waals surface area (Å²) in [7, 11) is 2.11. The molecule has 2 aromatic carbocycles. The Kier molecular flexibility index (Phi) is 6.44. The van der Waals surface area contributed by atoms with Crippen LogP contribution in [0.25, 0.3) is 22.5 Å². The van der Waals surface area contributed by atoms with Crippen LogP contribution in [0.15, 0.2) is 54.6 Å². The summed E-state index contributed by atoms with van der Waals surface area (Å²) < 4.78 is 27.5. The number of benzene rings is 2. The third-order valence-electron chi connectivity index (χ3n) is 5.61. The van der Waals surface area contributed by atoms with Crippen molar-refractivity contribution in [2.75, 3.05) is 46.3 Å². The van der Waals surface area contributed by atoms with Gasteiger partial charge in [0.25, 0.3) is 5.91 Å². The Bertz CT molecular complexity index is 1020. The number of hydrogen-bond acceptors (Lipinski definition) is 3. The molecule has 31 heavy (non-hydrogen) atoms. The van der Waals surface area contributed by atoms with Crippen LogP contribution in [0.3, 0.4) is 0 Å². The van der Waals surface area contributed by atoms with Gasteiger partial charge in [0.1, 0.15) is 11.6 Å². The molecule has 1 aliphatic heterocycles. The second kappa shape index (κ2) is 9.41. The lowest BCUT2D eigenvalue weighted by Crippen LogP contribution is -2.46. The van der Waals surface area contributed by atoms with E-state index in [1.165, 1.54) is 12.1 Å². The van der Waals surface area contributed by atoms with Crippen molar-refractivity contribution in [2.45, 2.75) is 0 Å². The van der Waals surface area contributed by atoms with E-state index in [1.807, 2.05) is 30.3 Å². The van der Waals surface area contributed by atoms with Gasteiger partial charge in [0, 0.05) is 56.6 Å². The molecule has 5 nitrogen and oxygen atoms in total. The Morgan fingerprint density at radius 3 is 2.32 bits per heavy atom. The number of hydrogen-bond donors (Lipinski definition) is 2. The number of carbonyl (C=O) groups is 1. The van der Waals surface area contributed by atoms with Crippen molar-refractivity contribution in [3.05, 3.63) is 71.8 Å². The molecule has 7 heteroatoms. The minimum Gasteiger partial charge on any atom is -0.354 e.